The van der Waals surface area contributed by atoms with Gasteiger partial charge in [-0.2, -0.15) is 13.2 Å². The molecular weight excluding hydrogens is 255 g/mol. The average molecular weight is 275 g/mol. The first-order valence-electron chi connectivity index (χ1n) is 6.51. The van der Waals surface area contributed by atoms with Gasteiger partial charge in [-0.15, -0.1) is 0 Å². The predicted octanol–water partition coefficient (Wildman–Crippen LogP) is 3.56. The van der Waals surface area contributed by atoms with E-state index in [4.69, 9.17) is 0 Å². The first-order chi connectivity index (χ1) is 8.92. The molecule has 0 spiro atoms. The molecule has 0 saturated carbocycles. The number of rotatable bonds is 7. The van der Waals surface area contributed by atoms with E-state index in [1.807, 2.05) is 13.8 Å². The smallest absolute Gasteiger partial charge is 0.309 e. The lowest BCUT2D eigenvalue weighted by Gasteiger charge is -2.18. The zero-order chi connectivity index (χ0) is 14.3. The van der Waals surface area contributed by atoms with E-state index >= 15 is 0 Å². The molecule has 1 aromatic heterocycles. The molecule has 0 fully saturated rings. The summed E-state index contributed by atoms with van der Waals surface area (Å²) in [4.78, 5) is 8.38. The summed E-state index contributed by atoms with van der Waals surface area (Å²) in [5, 5.41) is 3.22. The topological polar surface area (TPSA) is 37.8 Å². The van der Waals surface area contributed by atoms with Gasteiger partial charge in [-0.3, -0.25) is 9.97 Å². The van der Waals surface area contributed by atoms with Crippen LogP contribution in [0.4, 0.5) is 13.2 Å². The number of hydrogen-bond donors (Lipinski definition) is 1. The molecule has 1 aromatic rings. The minimum absolute atomic E-state index is 0.0977. The van der Waals surface area contributed by atoms with E-state index in [0.29, 0.717) is 12.1 Å². The second-order valence-electron chi connectivity index (χ2n) is 4.60. The maximum atomic E-state index is 12.2. The van der Waals surface area contributed by atoms with Gasteiger partial charge in [-0.25, -0.2) is 0 Å². The lowest BCUT2D eigenvalue weighted by Crippen LogP contribution is -2.24. The van der Waals surface area contributed by atoms with Gasteiger partial charge >= 0.3 is 6.18 Å². The van der Waals surface area contributed by atoms with Gasteiger partial charge in [0, 0.05) is 12.6 Å². The fraction of sp³-hybridized carbons (Fsp3) is 0.692. The Labute approximate surface area is 111 Å². The van der Waals surface area contributed by atoms with Crippen LogP contribution in [0, 0.1) is 6.92 Å². The van der Waals surface area contributed by atoms with Gasteiger partial charge < -0.3 is 5.32 Å². The van der Waals surface area contributed by atoms with Crippen LogP contribution in [0.15, 0.2) is 12.4 Å². The Hall–Kier alpha value is -1.17. The van der Waals surface area contributed by atoms with Crippen LogP contribution in [-0.2, 0) is 0 Å². The molecule has 3 nitrogen and oxygen atoms in total. The fourth-order valence-corrected chi connectivity index (χ4v) is 1.76. The molecule has 0 aliphatic carbocycles. The van der Waals surface area contributed by atoms with E-state index in [2.05, 4.69) is 15.3 Å². The molecule has 0 radical (unpaired) electrons. The normalized spacial score (nSPS) is 13.5. The molecule has 0 aliphatic rings. The molecule has 0 aromatic carbocycles. The number of aryl methyl sites for hydroxylation is 1. The van der Waals surface area contributed by atoms with Crippen molar-refractivity contribution >= 4 is 0 Å². The van der Waals surface area contributed by atoms with Crippen molar-refractivity contribution < 1.29 is 13.2 Å². The monoisotopic (exact) mass is 275 g/mol. The second kappa shape index (κ2) is 7.43. The number of nitrogens with one attached hydrogen (secondary N) is 1. The first-order valence-corrected chi connectivity index (χ1v) is 6.51. The minimum atomic E-state index is -4.09. The van der Waals surface area contributed by atoms with Gasteiger partial charge in [0.05, 0.1) is 23.6 Å². The molecule has 108 valence electrons. The maximum Gasteiger partial charge on any atom is 0.389 e. The zero-order valence-electron chi connectivity index (χ0n) is 11.3. The van der Waals surface area contributed by atoms with Crippen LogP contribution in [0.5, 0.6) is 0 Å². The maximum absolute atomic E-state index is 12.2. The standard InChI is InChI=1S/C13H20F3N3/c1-3-7-17-11(5-4-6-13(14,15)16)12-9-18-10(2)8-19-12/h8-9,11,17H,3-7H2,1-2H3. The Kier molecular flexibility index (Phi) is 6.21. The van der Waals surface area contributed by atoms with Gasteiger partial charge in [0.15, 0.2) is 0 Å². The van der Waals surface area contributed by atoms with Crippen LogP contribution in [0.3, 0.4) is 0 Å². The molecular formula is C13H20F3N3. The Balaban J connectivity index is 2.58. The molecule has 0 amide bonds. The van der Waals surface area contributed by atoms with Crippen LogP contribution in [-0.4, -0.2) is 22.7 Å². The van der Waals surface area contributed by atoms with Gasteiger partial charge in [0.2, 0.25) is 0 Å². The minimum Gasteiger partial charge on any atom is -0.309 e. The molecule has 0 aliphatic heterocycles. The van der Waals surface area contributed by atoms with Crippen molar-refractivity contribution in [2.75, 3.05) is 6.54 Å². The van der Waals surface area contributed by atoms with Crippen LogP contribution in [0.1, 0.15) is 50.0 Å². The van der Waals surface area contributed by atoms with Gasteiger partial charge in [-0.1, -0.05) is 6.92 Å². The van der Waals surface area contributed by atoms with Crippen molar-refractivity contribution in [2.24, 2.45) is 0 Å². The zero-order valence-corrected chi connectivity index (χ0v) is 11.3. The molecule has 1 unspecified atom stereocenters. The highest BCUT2D eigenvalue weighted by molar-refractivity contribution is 5.05. The Morgan fingerprint density at radius 2 is 2.00 bits per heavy atom. The number of hydrogen-bond acceptors (Lipinski definition) is 3. The number of nitrogens with zero attached hydrogens (tertiary/aromatic N) is 2. The van der Waals surface area contributed by atoms with E-state index in [-0.39, 0.29) is 12.5 Å². The summed E-state index contributed by atoms with van der Waals surface area (Å²) < 4.78 is 36.5. The first kappa shape index (κ1) is 15.9. The third-order valence-electron chi connectivity index (χ3n) is 2.75. The lowest BCUT2D eigenvalue weighted by atomic mass is 10.1. The van der Waals surface area contributed by atoms with Crippen LogP contribution < -0.4 is 5.32 Å². The van der Waals surface area contributed by atoms with E-state index in [9.17, 15) is 13.2 Å². The quantitative estimate of drug-likeness (QED) is 0.826. The van der Waals surface area contributed by atoms with E-state index in [0.717, 1.165) is 18.7 Å². The lowest BCUT2D eigenvalue weighted by molar-refractivity contribution is -0.135. The van der Waals surface area contributed by atoms with Crippen molar-refractivity contribution in [2.45, 2.75) is 51.7 Å². The second-order valence-corrected chi connectivity index (χ2v) is 4.60. The highest BCUT2D eigenvalue weighted by Gasteiger charge is 2.27. The molecule has 19 heavy (non-hydrogen) atoms. The fourth-order valence-electron chi connectivity index (χ4n) is 1.76. The average Bonchev–Trinajstić information content (AvgIpc) is 2.33. The summed E-state index contributed by atoms with van der Waals surface area (Å²) in [6.45, 7) is 4.60. The molecule has 0 saturated heterocycles. The third kappa shape index (κ3) is 6.52. The summed E-state index contributed by atoms with van der Waals surface area (Å²) in [5.74, 6) is 0. The van der Waals surface area contributed by atoms with Gasteiger partial charge in [0.25, 0.3) is 0 Å². The van der Waals surface area contributed by atoms with E-state index in [1.165, 1.54) is 0 Å². The van der Waals surface area contributed by atoms with Crippen LogP contribution in [0.25, 0.3) is 0 Å². The third-order valence-corrected chi connectivity index (χ3v) is 2.75. The van der Waals surface area contributed by atoms with Crippen molar-refractivity contribution in [3.05, 3.63) is 23.8 Å². The highest BCUT2D eigenvalue weighted by Crippen LogP contribution is 2.25. The van der Waals surface area contributed by atoms with Crippen LogP contribution >= 0.6 is 0 Å². The van der Waals surface area contributed by atoms with Crippen molar-refractivity contribution in [1.29, 1.82) is 0 Å². The SMILES string of the molecule is CCCNC(CCCC(F)(F)F)c1cnc(C)cn1. The van der Waals surface area contributed by atoms with Crippen molar-refractivity contribution in [1.82, 2.24) is 15.3 Å². The Bertz CT molecular complexity index is 362. The van der Waals surface area contributed by atoms with Gasteiger partial charge in [-0.05, 0) is 32.7 Å². The molecule has 6 heteroatoms. The summed E-state index contributed by atoms with van der Waals surface area (Å²) in [7, 11) is 0. The Morgan fingerprint density at radius 3 is 2.53 bits per heavy atom. The van der Waals surface area contributed by atoms with E-state index in [1.54, 1.807) is 12.4 Å². The Morgan fingerprint density at radius 1 is 1.26 bits per heavy atom. The molecule has 1 heterocycles. The van der Waals surface area contributed by atoms with E-state index < -0.39 is 12.6 Å². The van der Waals surface area contributed by atoms with Crippen molar-refractivity contribution in [3.63, 3.8) is 0 Å². The van der Waals surface area contributed by atoms with Crippen LogP contribution in [0.2, 0.25) is 0 Å². The summed E-state index contributed by atoms with van der Waals surface area (Å²) in [6, 6.07) is -0.157. The predicted molar refractivity (Wildman–Crippen MR) is 67.7 cm³/mol. The molecule has 1 atom stereocenters. The largest absolute Gasteiger partial charge is 0.389 e. The number of halogens is 3. The molecule has 1 N–H and O–H groups in total. The van der Waals surface area contributed by atoms with Crippen molar-refractivity contribution in [3.8, 4) is 0 Å². The molecule has 1 rings (SSSR count). The molecule has 0 bridgehead atoms. The summed E-state index contributed by atoms with van der Waals surface area (Å²) >= 11 is 0. The number of aromatic nitrogens is 2. The summed E-state index contributed by atoms with van der Waals surface area (Å²) in [6.07, 6.45) is -0.131. The highest BCUT2D eigenvalue weighted by atomic mass is 19.4. The van der Waals surface area contributed by atoms with Gasteiger partial charge in [0.1, 0.15) is 0 Å². The summed E-state index contributed by atoms with van der Waals surface area (Å²) in [5.41, 5.74) is 1.51. The number of alkyl halides is 3.